The molecule has 2 amide bonds. The lowest BCUT2D eigenvalue weighted by atomic mass is 9.90. The zero-order valence-corrected chi connectivity index (χ0v) is 20.3. The van der Waals surface area contributed by atoms with Gasteiger partial charge in [-0.15, -0.1) is 0 Å². The summed E-state index contributed by atoms with van der Waals surface area (Å²) in [7, 11) is 0. The maximum Gasteiger partial charge on any atom is 0.251 e. The zero-order chi connectivity index (χ0) is 24.2. The van der Waals surface area contributed by atoms with Crippen molar-refractivity contribution in [2.24, 2.45) is 5.92 Å². The number of likely N-dealkylation sites (tertiary alicyclic amines) is 1. The van der Waals surface area contributed by atoms with Crippen LogP contribution < -0.4 is 10.2 Å². The van der Waals surface area contributed by atoms with Crippen molar-refractivity contribution in [3.8, 4) is 5.75 Å². The van der Waals surface area contributed by atoms with E-state index >= 15 is 0 Å². The van der Waals surface area contributed by atoms with E-state index in [1.807, 2.05) is 53.4 Å². The van der Waals surface area contributed by atoms with Crippen molar-refractivity contribution < 1.29 is 14.3 Å². The molecule has 3 aliphatic rings. The van der Waals surface area contributed by atoms with Gasteiger partial charge in [-0.1, -0.05) is 42.5 Å². The van der Waals surface area contributed by atoms with Crippen LogP contribution in [0.25, 0.3) is 0 Å². The van der Waals surface area contributed by atoms with E-state index in [0.717, 1.165) is 43.7 Å². The molecule has 5 rings (SSSR count). The molecule has 2 unspecified atom stereocenters. The lowest BCUT2D eigenvalue weighted by Crippen LogP contribution is -2.51. The van der Waals surface area contributed by atoms with Gasteiger partial charge in [0.1, 0.15) is 18.3 Å². The van der Waals surface area contributed by atoms with Gasteiger partial charge in [-0.3, -0.25) is 9.59 Å². The number of rotatable bonds is 7. The molecule has 3 aliphatic heterocycles. The monoisotopic (exact) mass is 474 g/mol. The Labute approximate surface area is 207 Å². The lowest BCUT2D eigenvalue weighted by Gasteiger charge is -2.35. The van der Waals surface area contributed by atoms with Gasteiger partial charge in [-0.2, -0.15) is 0 Å². The van der Waals surface area contributed by atoms with Crippen molar-refractivity contribution >= 4 is 11.8 Å². The average molecular weight is 475 g/mol. The fraction of sp³-hybridized carbons (Fsp3) is 0.429. The number of ether oxygens (including phenoxy) is 1. The Morgan fingerprint density at radius 1 is 1.03 bits per heavy atom. The molecule has 0 aromatic heterocycles. The summed E-state index contributed by atoms with van der Waals surface area (Å²) in [5.41, 5.74) is 5.89. The fourth-order valence-electron chi connectivity index (χ4n) is 5.33. The number of fused-ring (bicyclic) bond motifs is 1. The standard InChI is InChI=1S/C28H34N4O3/c1-2-35-24-10-8-23(9-11-24)25-19-26-28(34)31(16-17-32(26)29-25)20-27(33)30-14-12-22(13-15-30)18-21-6-4-3-5-7-21/h3-11,16-17,22,25-26,29H,2,12-15,18-20H2,1H3. The Balaban J connectivity index is 1.12. The van der Waals surface area contributed by atoms with Crippen LogP contribution in [0.2, 0.25) is 0 Å². The minimum absolute atomic E-state index is 0.0271. The Bertz CT molecular complexity index is 1050. The lowest BCUT2D eigenvalue weighted by molar-refractivity contribution is -0.142. The van der Waals surface area contributed by atoms with Crippen LogP contribution in [0.5, 0.6) is 5.75 Å². The number of amides is 2. The summed E-state index contributed by atoms with van der Waals surface area (Å²) in [6.45, 7) is 4.23. The number of hydrogen-bond acceptors (Lipinski definition) is 5. The molecule has 184 valence electrons. The Hall–Kier alpha value is -3.32. The highest BCUT2D eigenvalue weighted by Gasteiger charge is 2.40. The summed E-state index contributed by atoms with van der Waals surface area (Å²) in [5.74, 6) is 1.46. The van der Waals surface area contributed by atoms with Crippen LogP contribution in [0, 0.1) is 5.92 Å². The van der Waals surface area contributed by atoms with Crippen LogP contribution >= 0.6 is 0 Å². The third-order valence-electron chi connectivity index (χ3n) is 7.31. The first-order chi connectivity index (χ1) is 17.1. The normalized spacial score (nSPS) is 22.4. The number of carbonyl (C=O) groups excluding carboxylic acids is 2. The van der Waals surface area contributed by atoms with Crippen LogP contribution in [-0.4, -0.2) is 58.9 Å². The van der Waals surface area contributed by atoms with E-state index in [0.29, 0.717) is 18.9 Å². The second kappa shape index (κ2) is 10.5. The van der Waals surface area contributed by atoms with Gasteiger partial charge < -0.3 is 19.5 Å². The van der Waals surface area contributed by atoms with Crippen molar-refractivity contribution in [2.75, 3.05) is 26.2 Å². The van der Waals surface area contributed by atoms with E-state index in [9.17, 15) is 9.59 Å². The van der Waals surface area contributed by atoms with Crippen LogP contribution in [0.4, 0.5) is 0 Å². The highest BCUT2D eigenvalue weighted by Crippen LogP contribution is 2.31. The molecule has 0 spiro atoms. The molecule has 7 nitrogen and oxygen atoms in total. The maximum atomic E-state index is 13.2. The molecule has 0 saturated carbocycles. The first kappa shape index (κ1) is 23.4. The van der Waals surface area contributed by atoms with Gasteiger partial charge in [0.15, 0.2) is 0 Å². The summed E-state index contributed by atoms with van der Waals surface area (Å²) >= 11 is 0. The molecule has 2 aromatic rings. The van der Waals surface area contributed by atoms with Crippen LogP contribution in [0.15, 0.2) is 67.0 Å². The van der Waals surface area contributed by atoms with Crippen LogP contribution in [0.3, 0.4) is 0 Å². The number of hydrazine groups is 1. The van der Waals surface area contributed by atoms with Crippen molar-refractivity contribution in [3.05, 3.63) is 78.1 Å². The van der Waals surface area contributed by atoms with Gasteiger partial charge in [0.2, 0.25) is 5.91 Å². The predicted molar refractivity (Wildman–Crippen MR) is 134 cm³/mol. The molecule has 2 atom stereocenters. The summed E-state index contributed by atoms with van der Waals surface area (Å²) in [4.78, 5) is 29.7. The van der Waals surface area contributed by atoms with Crippen LogP contribution in [-0.2, 0) is 16.0 Å². The average Bonchev–Trinajstić information content (AvgIpc) is 3.33. The minimum atomic E-state index is -0.305. The molecule has 2 fully saturated rings. The second-order valence-corrected chi connectivity index (χ2v) is 9.62. The van der Waals surface area contributed by atoms with Crippen molar-refractivity contribution in [1.82, 2.24) is 20.2 Å². The van der Waals surface area contributed by atoms with E-state index in [1.165, 1.54) is 5.56 Å². The smallest absolute Gasteiger partial charge is 0.251 e. The van der Waals surface area contributed by atoms with Gasteiger partial charge in [0.05, 0.1) is 12.6 Å². The Kier molecular flexibility index (Phi) is 7.04. The van der Waals surface area contributed by atoms with Gasteiger partial charge in [0.25, 0.3) is 5.91 Å². The van der Waals surface area contributed by atoms with Gasteiger partial charge in [-0.05, 0) is 61.8 Å². The number of piperidine rings is 1. The highest BCUT2D eigenvalue weighted by atomic mass is 16.5. The van der Waals surface area contributed by atoms with Crippen molar-refractivity contribution in [1.29, 1.82) is 0 Å². The van der Waals surface area contributed by atoms with Gasteiger partial charge in [-0.25, -0.2) is 5.43 Å². The topological polar surface area (TPSA) is 65.1 Å². The Morgan fingerprint density at radius 2 is 1.77 bits per heavy atom. The van der Waals surface area contributed by atoms with E-state index in [1.54, 1.807) is 11.1 Å². The van der Waals surface area contributed by atoms with E-state index in [4.69, 9.17) is 4.74 Å². The molecule has 35 heavy (non-hydrogen) atoms. The molecule has 7 heteroatoms. The van der Waals surface area contributed by atoms with Gasteiger partial charge in [0, 0.05) is 25.5 Å². The molecular weight excluding hydrogens is 440 g/mol. The van der Waals surface area contributed by atoms with E-state index in [2.05, 4.69) is 29.7 Å². The van der Waals surface area contributed by atoms with Gasteiger partial charge >= 0.3 is 0 Å². The molecule has 0 bridgehead atoms. The first-order valence-corrected chi connectivity index (χ1v) is 12.7. The second-order valence-electron chi connectivity index (χ2n) is 9.62. The quantitative estimate of drug-likeness (QED) is 0.666. The third kappa shape index (κ3) is 5.35. The summed E-state index contributed by atoms with van der Waals surface area (Å²) in [6, 6.07) is 18.3. The zero-order valence-electron chi connectivity index (χ0n) is 20.3. The van der Waals surface area contributed by atoms with Crippen molar-refractivity contribution in [3.63, 3.8) is 0 Å². The third-order valence-corrected chi connectivity index (χ3v) is 7.31. The number of nitrogens with zero attached hydrogens (tertiary/aromatic N) is 3. The molecule has 2 aromatic carbocycles. The van der Waals surface area contributed by atoms with E-state index in [-0.39, 0.29) is 30.4 Å². The maximum absolute atomic E-state index is 13.2. The van der Waals surface area contributed by atoms with Crippen molar-refractivity contribution in [2.45, 2.75) is 44.7 Å². The molecule has 2 saturated heterocycles. The molecule has 0 aliphatic carbocycles. The highest BCUT2D eigenvalue weighted by molar-refractivity contribution is 5.89. The fourth-order valence-corrected chi connectivity index (χ4v) is 5.33. The van der Waals surface area contributed by atoms with Crippen LogP contribution in [0.1, 0.15) is 43.4 Å². The number of carbonyl (C=O) groups is 2. The summed E-state index contributed by atoms with van der Waals surface area (Å²) in [5, 5.41) is 1.87. The first-order valence-electron chi connectivity index (χ1n) is 12.7. The largest absolute Gasteiger partial charge is 0.494 e. The number of hydrogen-bond donors (Lipinski definition) is 1. The summed E-state index contributed by atoms with van der Waals surface area (Å²) < 4.78 is 5.53. The Morgan fingerprint density at radius 3 is 2.49 bits per heavy atom. The molecule has 3 heterocycles. The molecule has 0 radical (unpaired) electrons. The molecular formula is C28H34N4O3. The number of benzene rings is 2. The van der Waals surface area contributed by atoms with E-state index < -0.39 is 0 Å². The molecule has 1 N–H and O–H groups in total. The SMILES string of the molecule is CCOc1ccc(C2CC3C(=O)N(CC(=O)N4CCC(Cc5ccccc5)CC4)C=CN3N2)cc1. The summed E-state index contributed by atoms with van der Waals surface area (Å²) in [6.07, 6.45) is 7.35. The minimum Gasteiger partial charge on any atom is -0.494 e. The predicted octanol–water partition coefficient (Wildman–Crippen LogP) is 3.50. The number of nitrogens with one attached hydrogen (secondary N) is 1.